The van der Waals surface area contributed by atoms with Crippen LogP contribution in [0.1, 0.15) is 18.3 Å². The van der Waals surface area contributed by atoms with E-state index in [1.807, 2.05) is 13.2 Å². The summed E-state index contributed by atoms with van der Waals surface area (Å²) < 4.78 is 4.42. The summed E-state index contributed by atoms with van der Waals surface area (Å²) in [7, 11) is 4.03. The van der Waals surface area contributed by atoms with E-state index in [9.17, 15) is 0 Å². The van der Waals surface area contributed by atoms with Crippen molar-refractivity contribution in [1.82, 2.24) is 29.5 Å². The van der Waals surface area contributed by atoms with Crippen LogP contribution in [0.5, 0.6) is 0 Å². The lowest BCUT2D eigenvalue weighted by Gasteiger charge is -2.36. The number of nitrogens with one attached hydrogen (secondary N) is 1. The van der Waals surface area contributed by atoms with Crippen LogP contribution in [0.2, 0.25) is 0 Å². The summed E-state index contributed by atoms with van der Waals surface area (Å²) in [6.45, 7) is 10.8. The van der Waals surface area contributed by atoms with Crippen molar-refractivity contribution in [3.05, 3.63) is 29.7 Å². The Balaban J connectivity index is 1.29. The number of guanidine groups is 1. The molecule has 0 atom stereocenters. The molecule has 0 unspecified atom stereocenters. The van der Waals surface area contributed by atoms with E-state index in [1.54, 1.807) is 0 Å². The third-order valence-corrected chi connectivity index (χ3v) is 6.74. The largest absolute Gasteiger partial charge is 0.354 e. The Kier molecular flexibility index (Phi) is 7.18. The Hall–Kier alpha value is -2.46. The van der Waals surface area contributed by atoms with E-state index in [4.69, 9.17) is 0 Å². The van der Waals surface area contributed by atoms with Crippen LogP contribution < -0.4 is 15.1 Å². The molecule has 2 saturated heterocycles. The molecule has 2 aromatic rings. The monoisotopic (exact) mass is 443 g/mol. The number of anilines is 2. The Bertz CT molecular complexity index is 867. The maximum Gasteiger partial charge on any atom is 0.205 e. The first kappa shape index (κ1) is 21.8. The van der Waals surface area contributed by atoms with Gasteiger partial charge in [-0.25, -0.2) is 9.97 Å². The van der Waals surface area contributed by atoms with Crippen molar-refractivity contribution < 1.29 is 0 Å². The molecule has 0 bridgehead atoms. The van der Waals surface area contributed by atoms with Crippen LogP contribution in [0.3, 0.4) is 0 Å². The Labute approximate surface area is 189 Å². The number of aryl methyl sites for hydroxylation is 1. The minimum atomic E-state index is 0.742. The van der Waals surface area contributed by atoms with Gasteiger partial charge in [0.15, 0.2) is 5.96 Å². The van der Waals surface area contributed by atoms with Gasteiger partial charge in [-0.1, -0.05) is 6.92 Å². The minimum Gasteiger partial charge on any atom is -0.354 e. The summed E-state index contributed by atoms with van der Waals surface area (Å²) in [5.41, 5.74) is 1.23. The number of hydrogen-bond donors (Lipinski definition) is 1. The highest BCUT2D eigenvalue weighted by molar-refractivity contribution is 7.09. The van der Waals surface area contributed by atoms with Gasteiger partial charge in [-0.15, -0.1) is 0 Å². The molecule has 0 aliphatic carbocycles. The van der Waals surface area contributed by atoms with Crippen LogP contribution in [0.15, 0.2) is 23.3 Å². The summed E-state index contributed by atoms with van der Waals surface area (Å²) in [4.78, 5) is 23.1. The fourth-order valence-electron chi connectivity index (χ4n) is 3.92. The number of hydrogen-bond acceptors (Lipinski definition) is 8. The third-order valence-electron chi connectivity index (χ3n) is 5.92. The second kappa shape index (κ2) is 10.2. The van der Waals surface area contributed by atoms with Crippen molar-refractivity contribution in [2.75, 3.05) is 76.3 Å². The second-order valence-electron chi connectivity index (χ2n) is 8.03. The molecule has 0 radical (unpaired) electrons. The summed E-state index contributed by atoms with van der Waals surface area (Å²) >= 11 is 1.50. The molecule has 4 heterocycles. The first-order valence-electron chi connectivity index (χ1n) is 11.1. The van der Waals surface area contributed by atoms with Crippen molar-refractivity contribution in [1.29, 1.82) is 0 Å². The van der Waals surface area contributed by atoms with Crippen molar-refractivity contribution in [2.45, 2.75) is 19.9 Å². The number of rotatable bonds is 5. The molecular weight excluding hydrogens is 410 g/mol. The lowest BCUT2D eigenvalue weighted by Crippen LogP contribution is -2.52. The maximum atomic E-state index is 4.63. The van der Waals surface area contributed by atoms with E-state index in [0.717, 1.165) is 88.1 Å². The van der Waals surface area contributed by atoms with Crippen LogP contribution in [0.25, 0.3) is 0 Å². The summed E-state index contributed by atoms with van der Waals surface area (Å²) in [6.07, 6.45) is 2.80. The number of aromatic nitrogens is 3. The lowest BCUT2D eigenvalue weighted by atomic mass is 10.2. The highest BCUT2D eigenvalue weighted by atomic mass is 32.1. The Morgan fingerprint density at radius 1 is 1.10 bits per heavy atom. The van der Waals surface area contributed by atoms with Crippen LogP contribution in [-0.4, -0.2) is 96.6 Å². The topological polar surface area (TPSA) is 76.0 Å². The van der Waals surface area contributed by atoms with Crippen LogP contribution >= 0.6 is 11.5 Å². The molecule has 2 aliphatic heterocycles. The van der Waals surface area contributed by atoms with Gasteiger partial charge >= 0.3 is 0 Å². The smallest absolute Gasteiger partial charge is 0.205 e. The number of aliphatic imine (C=N–C) groups is 1. The van der Waals surface area contributed by atoms with E-state index < -0.39 is 0 Å². The van der Waals surface area contributed by atoms with E-state index in [1.165, 1.54) is 17.1 Å². The maximum absolute atomic E-state index is 4.63. The predicted octanol–water partition coefficient (Wildman–Crippen LogP) is 1.14. The van der Waals surface area contributed by atoms with Crippen molar-refractivity contribution in [3.8, 4) is 0 Å². The molecule has 0 aromatic carbocycles. The fourth-order valence-corrected chi connectivity index (χ4v) is 4.72. The van der Waals surface area contributed by atoms with Crippen LogP contribution in [0.4, 0.5) is 10.9 Å². The highest BCUT2D eigenvalue weighted by Gasteiger charge is 2.22. The molecular formula is C21H33N9S. The van der Waals surface area contributed by atoms with E-state index >= 15 is 0 Å². The molecule has 2 aliphatic rings. The summed E-state index contributed by atoms with van der Waals surface area (Å²) in [6, 6.07) is 4.28. The fraction of sp³-hybridized carbons (Fsp3) is 0.619. The van der Waals surface area contributed by atoms with Gasteiger partial charge in [0.05, 0.1) is 0 Å². The van der Waals surface area contributed by atoms with Crippen molar-refractivity contribution >= 4 is 28.4 Å². The zero-order valence-corrected chi connectivity index (χ0v) is 19.6. The van der Waals surface area contributed by atoms with Gasteiger partial charge in [0.25, 0.3) is 0 Å². The third kappa shape index (κ3) is 5.43. The number of pyridine rings is 1. The van der Waals surface area contributed by atoms with Crippen LogP contribution in [-0.2, 0) is 13.0 Å². The van der Waals surface area contributed by atoms with E-state index in [-0.39, 0.29) is 0 Å². The number of piperazine rings is 2. The molecule has 31 heavy (non-hydrogen) atoms. The van der Waals surface area contributed by atoms with Crippen molar-refractivity contribution in [3.63, 3.8) is 0 Å². The molecule has 4 rings (SSSR count). The van der Waals surface area contributed by atoms with Crippen molar-refractivity contribution in [2.24, 2.45) is 4.99 Å². The van der Waals surface area contributed by atoms with Gasteiger partial charge in [-0.2, -0.15) is 4.37 Å². The van der Waals surface area contributed by atoms with Gasteiger partial charge < -0.3 is 24.9 Å². The van der Waals surface area contributed by atoms with Gasteiger partial charge in [-0.05, 0) is 24.7 Å². The molecule has 168 valence electrons. The average Bonchev–Trinajstić information content (AvgIpc) is 3.30. The first-order chi connectivity index (χ1) is 15.2. The summed E-state index contributed by atoms with van der Waals surface area (Å²) in [5.74, 6) is 2.96. The second-order valence-corrected chi connectivity index (χ2v) is 8.76. The zero-order chi connectivity index (χ0) is 21.6. The number of likely N-dealkylation sites (N-methyl/N-ethyl adjacent to an activating group) is 1. The van der Waals surface area contributed by atoms with Gasteiger partial charge in [0.1, 0.15) is 11.6 Å². The summed E-state index contributed by atoms with van der Waals surface area (Å²) in [5, 5.41) is 4.57. The molecule has 10 heteroatoms. The Morgan fingerprint density at radius 3 is 2.52 bits per heavy atom. The van der Waals surface area contributed by atoms with Gasteiger partial charge in [0, 0.05) is 90.1 Å². The normalized spacial score (nSPS) is 18.5. The Morgan fingerprint density at radius 2 is 1.84 bits per heavy atom. The molecule has 0 spiro atoms. The highest BCUT2D eigenvalue weighted by Crippen LogP contribution is 2.19. The molecule has 2 fully saturated rings. The van der Waals surface area contributed by atoms with E-state index in [0.29, 0.717) is 0 Å². The lowest BCUT2D eigenvalue weighted by molar-refractivity contribution is 0.312. The average molecular weight is 444 g/mol. The minimum absolute atomic E-state index is 0.742. The standard InChI is InChI=1S/C21H33N9S/c1-4-18-25-21(31-26-18)30-13-11-29(12-14-30)20(22-2)24-16-17-5-6-23-19(15-17)28-9-7-27(3)8-10-28/h5-6,15H,4,7-14,16H2,1-3H3,(H,22,24). The predicted molar refractivity (Wildman–Crippen MR) is 127 cm³/mol. The molecule has 9 nitrogen and oxygen atoms in total. The number of nitrogens with zero attached hydrogens (tertiary/aromatic N) is 8. The molecule has 0 saturated carbocycles. The first-order valence-corrected chi connectivity index (χ1v) is 11.8. The van der Waals surface area contributed by atoms with Crippen LogP contribution in [0, 0.1) is 0 Å². The zero-order valence-electron chi connectivity index (χ0n) is 18.8. The van der Waals surface area contributed by atoms with E-state index in [2.05, 4.69) is 70.4 Å². The molecule has 0 amide bonds. The van der Waals surface area contributed by atoms with Gasteiger partial charge in [-0.3, -0.25) is 4.99 Å². The quantitative estimate of drug-likeness (QED) is 0.545. The molecule has 2 aromatic heterocycles. The SMILES string of the molecule is CCc1nsc(N2CCN(C(=NC)NCc3ccnc(N4CCN(C)CC4)c3)CC2)n1. The van der Waals surface area contributed by atoms with Gasteiger partial charge in [0.2, 0.25) is 5.13 Å². The molecule has 1 N–H and O–H groups in total.